The van der Waals surface area contributed by atoms with E-state index in [2.05, 4.69) is 17.1 Å². The lowest BCUT2D eigenvalue weighted by atomic mass is 10.1. The highest BCUT2D eigenvalue weighted by Crippen LogP contribution is 2.12. The minimum atomic E-state index is 0.662. The molecule has 3 nitrogen and oxygen atoms in total. The third-order valence-corrected chi connectivity index (χ3v) is 3.44. The molecule has 0 aromatic heterocycles. The van der Waals surface area contributed by atoms with Gasteiger partial charge in [0.2, 0.25) is 0 Å². The molecule has 0 aliphatic carbocycles. The summed E-state index contributed by atoms with van der Waals surface area (Å²) >= 11 is 0. The minimum absolute atomic E-state index is 0.662. The van der Waals surface area contributed by atoms with Crippen molar-refractivity contribution in [3.63, 3.8) is 0 Å². The highest BCUT2D eigenvalue weighted by atomic mass is 16.5. The molecule has 0 bridgehead atoms. The number of nitrogens with one attached hydrogen (secondary N) is 1. The van der Waals surface area contributed by atoms with Crippen LogP contribution in [0.5, 0.6) is 0 Å². The molecule has 1 fully saturated rings. The van der Waals surface area contributed by atoms with Gasteiger partial charge in [-0.05, 0) is 32.9 Å². The Labute approximate surface area is 101 Å². The van der Waals surface area contributed by atoms with Crippen LogP contribution in [0.15, 0.2) is 0 Å². The van der Waals surface area contributed by atoms with Gasteiger partial charge in [0.05, 0.1) is 6.61 Å². The number of methoxy groups -OCH3 is 1. The van der Waals surface area contributed by atoms with Gasteiger partial charge < -0.3 is 10.1 Å². The summed E-state index contributed by atoms with van der Waals surface area (Å²) in [6.07, 6.45) is 7.03. The van der Waals surface area contributed by atoms with Crippen LogP contribution in [0.3, 0.4) is 0 Å². The summed E-state index contributed by atoms with van der Waals surface area (Å²) in [7, 11) is 1.75. The molecule has 1 N–H and O–H groups in total. The normalized spacial score (nSPS) is 21.4. The molecule has 0 radical (unpaired) electrons. The summed E-state index contributed by atoms with van der Waals surface area (Å²) in [6, 6.07) is 0.662. The van der Waals surface area contributed by atoms with Gasteiger partial charge in [0.15, 0.2) is 0 Å². The number of hydrogen-bond acceptors (Lipinski definition) is 3. The van der Waals surface area contributed by atoms with Crippen molar-refractivity contribution in [2.75, 3.05) is 39.9 Å². The zero-order valence-corrected chi connectivity index (χ0v) is 11.0. The van der Waals surface area contributed by atoms with E-state index in [0.717, 1.165) is 19.7 Å². The molecule has 1 saturated heterocycles. The Kier molecular flexibility index (Phi) is 7.81. The van der Waals surface area contributed by atoms with E-state index in [0.29, 0.717) is 6.04 Å². The van der Waals surface area contributed by atoms with Crippen LogP contribution in [0.1, 0.15) is 39.0 Å². The highest BCUT2D eigenvalue weighted by molar-refractivity contribution is 4.71. The van der Waals surface area contributed by atoms with E-state index < -0.39 is 0 Å². The number of nitrogens with zero attached hydrogens (tertiary/aromatic N) is 1. The van der Waals surface area contributed by atoms with E-state index in [4.69, 9.17) is 4.74 Å². The van der Waals surface area contributed by atoms with E-state index >= 15 is 0 Å². The monoisotopic (exact) mass is 228 g/mol. The van der Waals surface area contributed by atoms with Crippen LogP contribution in [-0.2, 0) is 4.74 Å². The molecule has 0 amide bonds. The molecule has 0 aromatic rings. The smallest absolute Gasteiger partial charge is 0.0587 e. The van der Waals surface area contributed by atoms with Crippen molar-refractivity contribution in [2.45, 2.75) is 45.1 Å². The van der Waals surface area contributed by atoms with Gasteiger partial charge in [-0.3, -0.25) is 4.90 Å². The lowest BCUT2D eigenvalue weighted by Gasteiger charge is -2.30. The maximum atomic E-state index is 5.03. The van der Waals surface area contributed by atoms with Crippen molar-refractivity contribution in [1.82, 2.24) is 10.2 Å². The van der Waals surface area contributed by atoms with Gasteiger partial charge in [0.1, 0.15) is 0 Å². The quantitative estimate of drug-likeness (QED) is 0.703. The first-order valence-corrected chi connectivity index (χ1v) is 6.78. The van der Waals surface area contributed by atoms with Crippen molar-refractivity contribution >= 4 is 0 Å². The Morgan fingerprint density at radius 3 is 2.38 bits per heavy atom. The Hall–Kier alpha value is -0.120. The highest BCUT2D eigenvalue weighted by Gasteiger charge is 2.14. The number of rotatable bonds is 6. The molecule has 1 unspecified atom stereocenters. The zero-order valence-electron chi connectivity index (χ0n) is 11.0. The average Bonchev–Trinajstić information content (AvgIpc) is 2.23. The lowest BCUT2D eigenvalue weighted by molar-refractivity contribution is 0.173. The molecule has 0 aromatic carbocycles. The summed E-state index contributed by atoms with van der Waals surface area (Å²) in [5.41, 5.74) is 0. The SMILES string of the molecule is COCCNCC(C)N1CCCCCCC1. The Balaban J connectivity index is 2.14. The molecule has 3 heteroatoms. The van der Waals surface area contributed by atoms with E-state index in [1.54, 1.807) is 7.11 Å². The van der Waals surface area contributed by atoms with E-state index in [9.17, 15) is 0 Å². The van der Waals surface area contributed by atoms with Crippen LogP contribution in [0.25, 0.3) is 0 Å². The van der Waals surface area contributed by atoms with Crippen LogP contribution < -0.4 is 5.32 Å². The first-order chi connectivity index (χ1) is 7.84. The second kappa shape index (κ2) is 8.97. The van der Waals surface area contributed by atoms with Gasteiger partial charge in [0, 0.05) is 26.2 Å². The minimum Gasteiger partial charge on any atom is -0.383 e. The molecule has 1 aliphatic heterocycles. The molecular formula is C13H28N2O. The van der Waals surface area contributed by atoms with Crippen molar-refractivity contribution < 1.29 is 4.74 Å². The third-order valence-electron chi connectivity index (χ3n) is 3.44. The van der Waals surface area contributed by atoms with Gasteiger partial charge in [-0.15, -0.1) is 0 Å². The van der Waals surface area contributed by atoms with Gasteiger partial charge in [-0.1, -0.05) is 19.3 Å². The fourth-order valence-corrected chi connectivity index (χ4v) is 2.33. The zero-order chi connectivity index (χ0) is 11.6. The Bertz CT molecular complexity index is 156. The summed E-state index contributed by atoms with van der Waals surface area (Å²) in [4.78, 5) is 2.64. The maximum absolute atomic E-state index is 5.03. The van der Waals surface area contributed by atoms with Crippen molar-refractivity contribution in [3.8, 4) is 0 Å². The van der Waals surface area contributed by atoms with Crippen LogP contribution in [-0.4, -0.2) is 50.8 Å². The first kappa shape index (κ1) is 13.9. The summed E-state index contributed by atoms with van der Waals surface area (Å²) < 4.78 is 5.03. The molecule has 1 aliphatic rings. The van der Waals surface area contributed by atoms with Crippen LogP contribution in [0.2, 0.25) is 0 Å². The van der Waals surface area contributed by atoms with E-state index in [1.807, 2.05) is 0 Å². The van der Waals surface area contributed by atoms with Gasteiger partial charge in [-0.2, -0.15) is 0 Å². The summed E-state index contributed by atoms with van der Waals surface area (Å²) in [5.74, 6) is 0. The predicted molar refractivity (Wildman–Crippen MR) is 68.9 cm³/mol. The summed E-state index contributed by atoms with van der Waals surface area (Å²) in [6.45, 7) is 7.77. The van der Waals surface area contributed by atoms with E-state index in [-0.39, 0.29) is 0 Å². The Morgan fingerprint density at radius 2 is 1.75 bits per heavy atom. The van der Waals surface area contributed by atoms with Crippen LogP contribution >= 0.6 is 0 Å². The van der Waals surface area contributed by atoms with Crippen LogP contribution in [0, 0.1) is 0 Å². The number of likely N-dealkylation sites (tertiary alicyclic amines) is 1. The fraction of sp³-hybridized carbons (Fsp3) is 1.00. The summed E-state index contributed by atoms with van der Waals surface area (Å²) in [5, 5.41) is 3.45. The molecule has 1 heterocycles. The second-order valence-corrected chi connectivity index (χ2v) is 4.85. The molecule has 96 valence electrons. The third kappa shape index (κ3) is 5.83. The lowest BCUT2D eigenvalue weighted by Crippen LogP contribution is -2.42. The maximum Gasteiger partial charge on any atom is 0.0587 e. The molecule has 16 heavy (non-hydrogen) atoms. The molecule has 1 rings (SSSR count). The fourth-order valence-electron chi connectivity index (χ4n) is 2.33. The average molecular weight is 228 g/mol. The first-order valence-electron chi connectivity index (χ1n) is 6.78. The number of hydrogen-bond donors (Lipinski definition) is 1. The van der Waals surface area contributed by atoms with E-state index in [1.165, 1.54) is 45.2 Å². The van der Waals surface area contributed by atoms with Crippen molar-refractivity contribution in [1.29, 1.82) is 0 Å². The van der Waals surface area contributed by atoms with Crippen LogP contribution in [0.4, 0.5) is 0 Å². The van der Waals surface area contributed by atoms with Crippen molar-refractivity contribution in [2.24, 2.45) is 0 Å². The van der Waals surface area contributed by atoms with Gasteiger partial charge in [0.25, 0.3) is 0 Å². The number of ether oxygens (including phenoxy) is 1. The molecule has 1 atom stereocenters. The Morgan fingerprint density at radius 1 is 1.12 bits per heavy atom. The predicted octanol–water partition coefficient (Wildman–Crippen LogP) is 1.88. The standard InChI is InChI=1S/C13H28N2O/c1-13(12-14-8-11-16-2)15-9-6-4-3-5-7-10-15/h13-14H,3-12H2,1-2H3. The molecule has 0 spiro atoms. The largest absolute Gasteiger partial charge is 0.383 e. The van der Waals surface area contributed by atoms with Crippen molar-refractivity contribution in [3.05, 3.63) is 0 Å². The molecule has 0 saturated carbocycles. The molecular weight excluding hydrogens is 200 g/mol. The second-order valence-electron chi connectivity index (χ2n) is 4.85. The van der Waals surface area contributed by atoms with Gasteiger partial charge >= 0.3 is 0 Å². The topological polar surface area (TPSA) is 24.5 Å². The van der Waals surface area contributed by atoms with Gasteiger partial charge in [-0.25, -0.2) is 0 Å².